The van der Waals surface area contributed by atoms with Gasteiger partial charge in [-0.05, 0) is 30.8 Å². The number of aromatic nitrogens is 1. The zero-order valence-electron chi connectivity index (χ0n) is 11.6. The molecule has 0 spiro atoms. The van der Waals surface area contributed by atoms with Crippen LogP contribution in [0.4, 0.5) is 5.13 Å². The van der Waals surface area contributed by atoms with Crippen LogP contribution in [-0.4, -0.2) is 16.0 Å². The van der Waals surface area contributed by atoms with Crippen molar-refractivity contribution in [3.63, 3.8) is 0 Å². The molecule has 0 bridgehead atoms. The Bertz CT molecular complexity index is 657. The van der Waals surface area contributed by atoms with Crippen molar-refractivity contribution in [2.45, 2.75) is 32.6 Å². The van der Waals surface area contributed by atoms with Crippen molar-refractivity contribution in [1.29, 1.82) is 0 Å². The summed E-state index contributed by atoms with van der Waals surface area (Å²) in [5, 5.41) is 7.08. The number of amides is 1. The first kappa shape index (κ1) is 16.1. The maximum absolute atomic E-state index is 11.7. The summed E-state index contributed by atoms with van der Waals surface area (Å²) >= 11 is 12.6. The summed E-state index contributed by atoms with van der Waals surface area (Å²) in [4.78, 5) is 16.0. The Morgan fingerprint density at radius 2 is 2.24 bits per heavy atom. The number of para-hydroxylation sites is 1. The van der Waals surface area contributed by atoms with Crippen molar-refractivity contribution in [2.24, 2.45) is 0 Å². The SMILES string of the molecule is CCCCCC(=O)NC(=S)Nc1nc2c(Cl)cccc2s1. The highest BCUT2D eigenvalue weighted by molar-refractivity contribution is 7.80. The second-order valence-corrected chi connectivity index (χ2v) is 6.41. The number of anilines is 1. The van der Waals surface area contributed by atoms with Crippen molar-refractivity contribution in [3.8, 4) is 0 Å². The second kappa shape index (κ2) is 7.68. The number of carbonyl (C=O) groups is 1. The van der Waals surface area contributed by atoms with E-state index in [1.165, 1.54) is 11.3 Å². The van der Waals surface area contributed by atoms with Crippen LogP contribution in [0.25, 0.3) is 10.2 Å². The molecule has 7 heteroatoms. The van der Waals surface area contributed by atoms with Gasteiger partial charge >= 0.3 is 0 Å². The summed E-state index contributed by atoms with van der Waals surface area (Å²) in [5.74, 6) is -0.0694. The Morgan fingerprint density at radius 1 is 1.43 bits per heavy atom. The maximum Gasteiger partial charge on any atom is 0.226 e. The summed E-state index contributed by atoms with van der Waals surface area (Å²) < 4.78 is 0.974. The molecule has 0 aliphatic heterocycles. The summed E-state index contributed by atoms with van der Waals surface area (Å²) in [6.07, 6.45) is 3.50. The lowest BCUT2D eigenvalue weighted by Crippen LogP contribution is -2.33. The lowest BCUT2D eigenvalue weighted by atomic mass is 10.2. The van der Waals surface area contributed by atoms with E-state index in [1.807, 2.05) is 12.1 Å². The Kier molecular flexibility index (Phi) is 5.90. The molecule has 1 aromatic heterocycles. The van der Waals surface area contributed by atoms with E-state index in [4.69, 9.17) is 23.8 Å². The second-order valence-electron chi connectivity index (χ2n) is 4.57. The highest BCUT2D eigenvalue weighted by atomic mass is 35.5. The Balaban J connectivity index is 1.92. The van der Waals surface area contributed by atoms with Crippen molar-refractivity contribution < 1.29 is 4.79 Å². The number of fused-ring (bicyclic) bond motifs is 1. The predicted molar refractivity (Wildman–Crippen MR) is 93.1 cm³/mol. The molecule has 1 amide bonds. The molecule has 2 rings (SSSR count). The molecule has 2 N–H and O–H groups in total. The van der Waals surface area contributed by atoms with Gasteiger partial charge in [0.05, 0.1) is 9.72 Å². The van der Waals surface area contributed by atoms with Crippen LogP contribution in [0.15, 0.2) is 18.2 Å². The third-order valence-corrected chi connectivity index (χ3v) is 4.30. The number of thiazole rings is 1. The van der Waals surface area contributed by atoms with E-state index in [2.05, 4.69) is 22.5 Å². The van der Waals surface area contributed by atoms with Crippen molar-refractivity contribution >= 4 is 61.5 Å². The fourth-order valence-corrected chi connectivity index (χ4v) is 3.27. The van der Waals surface area contributed by atoms with Gasteiger partial charge in [-0.15, -0.1) is 0 Å². The van der Waals surface area contributed by atoms with Gasteiger partial charge < -0.3 is 10.6 Å². The summed E-state index contributed by atoms with van der Waals surface area (Å²) in [6.45, 7) is 2.10. The van der Waals surface area contributed by atoms with Crippen LogP contribution in [-0.2, 0) is 4.79 Å². The summed E-state index contributed by atoms with van der Waals surface area (Å²) in [7, 11) is 0. The molecule has 112 valence electrons. The van der Waals surface area contributed by atoms with Crippen LogP contribution in [0.5, 0.6) is 0 Å². The molecule has 1 aromatic carbocycles. The topological polar surface area (TPSA) is 54.0 Å². The Hall–Kier alpha value is -1.24. The van der Waals surface area contributed by atoms with Gasteiger partial charge in [-0.2, -0.15) is 0 Å². The van der Waals surface area contributed by atoms with E-state index in [1.54, 1.807) is 6.07 Å². The molecule has 0 fully saturated rings. The number of unbranched alkanes of at least 4 members (excludes halogenated alkanes) is 2. The third-order valence-electron chi connectivity index (χ3n) is 2.85. The molecule has 0 saturated carbocycles. The summed E-state index contributed by atoms with van der Waals surface area (Å²) in [6, 6.07) is 5.61. The van der Waals surface area contributed by atoms with Crippen LogP contribution in [0.3, 0.4) is 0 Å². The number of thiocarbonyl (C=S) groups is 1. The van der Waals surface area contributed by atoms with Gasteiger partial charge in [0.1, 0.15) is 5.52 Å². The van der Waals surface area contributed by atoms with Gasteiger partial charge in [-0.25, -0.2) is 4.98 Å². The lowest BCUT2D eigenvalue weighted by molar-refractivity contribution is -0.119. The minimum absolute atomic E-state index is 0.0694. The van der Waals surface area contributed by atoms with E-state index >= 15 is 0 Å². The molecule has 0 aliphatic rings. The molecule has 0 saturated heterocycles. The minimum atomic E-state index is -0.0694. The molecule has 2 aromatic rings. The smallest absolute Gasteiger partial charge is 0.226 e. The summed E-state index contributed by atoms with van der Waals surface area (Å²) in [5.41, 5.74) is 0.740. The van der Waals surface area contributed by atoms with Crippen molar-refractivity contribution in [1.82, 2.24) is 10.3 Å². The first-order valence-electron chi connectivity index (χ1n) is 6.76. The highest BCUT2D eigenvalue weighted by Gasteiger charge is 2.09. The third kappa shape index (κ3) is 4.62. The molecular weight excluding hydrogens is 326 g/mol. The van der Waals surface area contributed by atoms with Crippen molar-refractivity contribution in [3.05, 3.63) is 23.2 Å². The fourth-order valence-electron chi connectivity index (χ4n) is 1.82. The lowest BCUT2D eigenvalue weighted by Gasteiger charge is -2.06. The normalized spacial score (nSPS) is 10.6. The van der Waals surface area contributed by atoms with E-state index in [0.29, 0.717) is 16.6 Å². The molecule has 21 heavy (non-hydrogen) atoms. The molecule has 0 unspecified atom stereocenters. The quantitative estimate of drug-likeness (QED) is 0.627. The average Bonchev–Trinajstić information content (AvgIpc) is 2.82. The minimum Gasteiger partial charge on any atom is -0.308 e. The molecule has 0 atom stereocenters. The van der Waals surface area contributed by atoms with Crippen LogP contribution in [0.2, 0.25) is 5.02 Å². The standard InChI is InChI=1S/C14H16ClN3OS2/c1-2-3-4-8-11(19)16-13(20)18-14-17-12-9(15)6-5-7-10(12)21-14/h5-7H,2-4,8H2,1H3,(H2,16,17,18,19,20). The largest absolute Gasteiger partial charge is 0.308 e. The van der Waals surface area contributed by atoms with E-state index < -0.39 is 0 Å². The van der Waals surface area contributed by atoms with Crippen LogP contribution in [0, 0.1) is 0 Å². The number of nitrogens with zero attached hydrogens (tertiary/aromatic N) is 1. The highest BCUT2D eigenvalue weighted by Crippen LogP contribution is 2.30. The van der Waals surface area contributed by atoms with E-state index in [-0.39, 0.29) is 11.0 Å². The van der Waals surface area contributed by atoms with E-state index in [9.17, 15) is 4.79 Å². The molecule has 1 heterocycles. The number of hydrogen-bond acceptors (Lipinski definition) is 4. The number of hydrogen-bond donors (Lipinski definition) is 2. The zero-order chi connectivity index (χ0) is 15.2. The predicted octanol–water partition coefficient (Wildman–Crippen LogP) is 4.34. The molecular formula is C14H16ClN3OS2. The van der Waals surface area contributed by atoms with Crippen LogP contribution in [0.1, 0.15) is 32.6 Å². The van der Waals surface area contributed by atoms with Gasteiger partial charge in [0, 0.05) is 6.42 Å². The zero-order valence-corrected chi connectivity index (χ0v) is 14.0. The van der Waals surface area contributed by atoms with Gasteiger partial charge in [0.25, 0.3) is 0 Å². The average molecular weight is 342 g/mol. The molecule has 0 radical (unpaired) electrons. The number of halogens is 1. The number of benzene rings is 1. The monoisotopic (exact) mass is 341 g/mol. The number of carbonyl (C=O) groups excluding carboxylic acids is 1. The first-order chi connectivity index (χ1) is 10.1. The van der Waals surface area contributed by atoms with Gasteiger partial charge in [-0.1, -0.05) is 48.8 Å². The number of rotatable bonds is 5. The van der Waals surface area contributed by atoms with Crippen LogP contribution >= 0.6 is 35.2 Å². The van der Waals surface area contributed by atoms with E-state index in [0.717, 1.165) is 29.5 Å². The molecule has 0 aliphatic carbocycles. The Labute approximate surface area is 137 Å². The molecule has 4 nitrogen and oxygen atoms in total. The van der Waals surface area contributed by atoms with Gasteiger partial charge in [0.2, 0.25) is 5.91 Å². The van der Waals surface area contributed by atoms with Crippen molar-refractivity contribution in [2.75, 3.05) is 5.32 Å². The maximum atomic E-state index is 11.7. The van der Waals surface area contributed by atoms with Gasteiger partial charge in [0.15, 0.2) is 10.2 Å². The fraction of sp³-hybridized carbons (Fsp3) is 0.357. The van der Waals surface area contributed by atoms with Crippen LogP contribution < -0.4 is 10.6 Å². The number of nitrogens with one attached hydrogen (secondary N) is 2. The van der Waals surface area contributed by atoms with Gasteiger partial charge in [-0.3, -0.25) is 4.79 Å². The first-order valence-corrected chi connectivity index (χ1v) is 8.36. The Morgan fingerprint density at radius 3 is 2.95 bits per heavy atom.